The minimum atomic E-state index is -0.481. The number of nitrogens with two attached hydrogens (primary N) is 1. The van der Waals surface area contributed by atoms with Gasteiger partial charge in [-0.05, 0) is 50.2 Å². The Morgan fingerprint density at radius 3 is 2.67 bits per heavy atom. The van der Waals surface area contributed by atoms with Crippen LogP contribution in [0.4, 0.5) is 5.00 Å². The Bertz CT molecular complexity index is 1110. The maximum absolute atomic E-state index is 13.2. The minimum Gasteiger partial charge on any atom is -0.365 e. The second-order valence-electron chi connectivity index (χ2n) is 8.06. The summed E-state index contributed by atoms with van der Waals surface area (Å²) in [5.41, 5.74) is 10.3. The molecule has 0 aliphatic heterocycles. The molecular formula is C23H26N4O2S. The Morgan fingerprint density at radius 1 is 1.23 bits per heavy atom. The number of nitrogens with one attached hydrogen (secondary N) is 1. The van der Waals surface area contributed by atoms with Crippen LogP contribution < -0.4 is 11.1 Å². The third-order valence-corrected chi connectivity index (χ3v) is 6.94. The summed E-state index contributed by atoms with van der Waals surface area (Å²) in [5, 5.41) is 8.09. The summed E-state index contributed by atoms with van der Waals surface area (Å²) in [6.07, 6.45) is 2.78. The lowest BCUT2D eigenvalue weighted by atomic mass is 9.88. The number of carbonyl (C=O) groups is 2. The van der Waals surface area contributed by atoms with Crippen molar-refractivity contribution in [3.63, 3.8) is 0 Å². The highest BCUT2D eigenvalue weighted by atomic mass is 32.1. The molecule has 0 saturated heterocycles. The van der Waals surface area contributed by atoms with E-state index in [1.165, 1.54) is 11.3 Å². The van der Waals surface area contributed by atoms with Gasteiger partial charge in [-0.1, -0.05) is 37.3 Å². The third kappa shape index (κ3) is 3.77. The lowest BCUT2D eigenvalue weighted by Crippen LogP contribution is -2.20. The number of aromatic nitrogens is 2. The molecule has 1 aromatic carbocycles. The van der Waals surface area contributed by atoms with Crippen LogP contribution in [0.5, 0.6) is 0 Å². The van der Waals surface area contributed by atoms with Gasteiger partial charge < -0.3 is 11.1 Å². The van der Waals surface area contributed by atoms with E-state index in [1.807, 2.05) is 48.9 Å². The van der Waals surface area contributed by atoms with Crippen molar-refractivity contribution < 1.29 is 9.59 Å². The Morgan fingerprint density at radius 2 is 1.97 bits per heavy atom. The molecule has 7 heteroatoms. The van der Waals surface area contributed by atoms with Crippen molar-refractivity contribution in [3.8, 4) is 0 Å². The van der Waals surface area contributed by atoms with E-state index in [1.54, 1.807) is 0 Å². The third-order valence-electron chi connectivity index (χ3n) is 5.77. The van der Waals surface area contributed by atoms with E-state index in [-0.39, 0.29) is 5.91 Å². The molecule has 2 amide bonds. The van der Waals surface area contributed by atoms with Crippen LogP contribution >= 0.6 is 11.3 Å². The number of nitrogens with zero attached hydrogens (tertiary/aromatic N) is 2. The number of aryl methyl sites for hydroxylation is 1. The normalized spacial score (nSPS) is 15.6. The molecule has 1 aliphatic carbocycles. The average Bonchev–Trinajstić information content (AvgIpc) is 3.18. The van der Waals surface area contributed by atoms with E-state index in [4.69, 9.17) is 5.73 Å². The lowest BCUT2D eigenvalue weighted by Gasteiger charge is -2.18. The van der Waals surface area contributed by atoms with E-state index in [0.717, 1.165) is 41.0 Å². The molecule has 6 nitrogen and oxygen atoms in total. The van der Waals surface area contributed by atoms with Crippen LogP contribution in [0.15, 0.2) is 30.3 Å². The fourth-order valence-corrected chi connectivity index (χ4v) is 5.61. The molecule has 0 bridgehead atoms. The maximum Gasteiger partial charge on any atom is 0.260 e. The van der Waals surface area contributed by atoms with Gasteiger partial charge in [-0.3, -0.25) is 14.3 Å². The smallest absolute Gasteiger partial charge is 0.260 e. The summed E-state index contributed by atoms with van der Waals surface area (Å²) >= 11 is 1.48. The molecule has 0 spiro atoms. The van der Waals surface area contributed by atoms with Crippen LogP contribution in [0.2, 0.25) is 0 Å². The van der Waals surface area contributed by atoms with Crippen molar-refractivity contribution in [2.45, 2.75) is 46.6 Å². The standard InChI is InChI=1S/C23H26N4O2S/c1-13-9-10-17-18(11-13)30-23(20(17)21(24)28)25-22(29)19-14(2)26-27(15(19)3)12-16-7-5-4-6-8-16/h4-8,13H,9-12H2,1-3H3,(H2,24,28)(H,25,29)/t13-/m0/s1. The number of benzene rings is 1. The van der Waals surface area contributed by atoms with Crippen molar-refractivity contribution in [1.29, 1.82) is 0 Å². The molecule has 0 unspecified atom stereocenters. The highest BCUT2D eigenvalue weighted by Crippen LogP contribution is 2.39. The zero-order chi connectivity index (χ0) is 21.4. The predicted octanol–water partition coefficient (Wildman–Crippen LogP) is 4.09. The molecule has 2 aromatic heterocycles. The highest BCUT2D eigenvalue weighted by molar-refractivity contribution is 7.17. The fraction of sp³-hybridized carbons (Fsp3) is 0.348. The van der Waals surface area contributed by atoms with Crippen molar-refractivity contribution in [2.75, 3.05) is 5.32 Å². The lowest BCUT2D eigenvalue weighted by molar-refractivity contribution is 0.1000. The maximum atomic E-state index is 13.2. The molecule has 0 saturated carbocycles. The Labute approximate surface area is 180 Å². The topological polar surface area (TPSA) is 90.0 Å². The molecular weight excluding hydrogens is 396 g/mol. The summed E-state index contributed by atoms with van der Waals surface area (Å²) in [6, 6.07) is 10.0. The summed E-state index contributed by atoms with van der Waals surface area (Å²) in [6.45, 7) is 6.53. The number of rotatable bonds is 5. The second kappa shape index (κ2) is 8.07. The van der Waals surface area contributed by atoms with Gasteiger partial charge in [0.05, 0.1) is 23.4 Å². The monoisotopic (exact) mass is 422 g/mol. The Hall–Kier alpha value is -2.93. The van der Waals surface area contributed by atoms with Gasteiger partial charge in [-0.15, -0.1) is 11.3 Å². The van der Waals surface area contributed by atoms with Gasteiger partial charge in [-0.25, -0.2) is 0 Å². The number of hydrogen-bond donors (Lipinski definition) is 2. The highest BCUT2D eigenvalue weighted by Gasteiger charge is 2.28. The van der Waals surface area contributed by atoms with Gasteiger partial charge in [0.15, 0.2) is 0 Å². The number of anilines is 1. The van der Waals surface area contributed by atoms with Crippen LogP contribution in [0, 0.1) is 19.8 Å². The first-order valence-electron chi connectivity index (χ1n) is 10.2. The van der Waals surface area contributed by atoms with E-state index >= 15 is 0 Å². The molecule has 156 valence electrons. The summed E-state index contributed by atoms with van der Waals surface area (Å²) in [4.78, 5) is 26.5. The van der Waals surface area contributed by atoms with Crippen LogP contribution in [-0.2, 0) is 19.4 Å². The van der Waals surface area contributed by atoms with Crippen LogP contribution in [0.25, 0.3) is 0 Å². The number of carbonyl (C=O) groups excluding carboxylic acids is 2. The fourth-order valence-electron chi connectivity index (χ4n) is 4.20. The number of fused-ring (bicyclic) bond motifs is 1. The number of hydrogen-bond acceptors (Lipinski definition) is 4. The van der Waals surface area contributed by atoms with E-state index < -0.39 is 5.91 Å². The van der Waals surface area contributed by atoms with E-state index in [9.17, 15) is 9.59 Å². The number of primary amides is 1. The van der Waals surface area contributed by atoms with Crippen molar-refractivity contribution in [3.05, 3.63) is 68.9 Å². The molecule has 3 N–H and O–H groups in total. The van der Waals surface area contributed by atoms with Crippen LogP contribution in [0.3, 0.4) is 0 Å². The predicted molar refractivity (Wildman–Crippen MR) is 119 cm³/mol. The van der Waals surface area contributed by atoms with Gasteiger partial charge in [0.25, 0.3) is 11.8 Å². The molecule has 4 rings (SSSR count). The van der Waals surface area contributed by atoms with Crippen molar-refractivity contribution in [2.24, 2.45) is 11.7 Å². The zero-order valence-corrected chi connectivity index (χ0v) is 18.3. The quantitative estimate of drug-likeness (QED) is 0.649. The summed E-state index contributed by atoms with van der Waals surface area (Å²) < 4.78 is 1.84. The number of thiophene rings is 1. The van der Waals surface area contributed by atoms with Crippen molar-refractivity contribution in [1.82, 2.24) is 9.78 Å². The van der Waals surface area contributed by atoms with Gasteiger partial charge in [0.2, 0.25) is 0 Å². The van der Waals surface area contributed by atoms with Gasteiger partial charge in [0, 0.05) is 10.6 Å². The first-order chi connectivity index (χ1) is 14.3. The minimum absolute atomic E-state index is 0.251. The Balaban J connectivity index is 1.63. The molecule has 2 heterocycles. The van der Waals surface area contributed by atoms with Gasteiger partial charge in [0.1, 0.15) is 5.00 Å². The second-order valence-corrected chi connectivity index (χ2v) is 9.17. The Kier molecular flexibility index (Phi) is 5.47. The van der Waals surface area contributed by atoms with Crippen LogP contribution in [-0.4, -0.2) is 21.6 Å². The summed E-state index contributed by atoms with van der Waals surface area (Å²) in [5.74, 6) is -0.162. The zero-order valence-electron chi connectivity index (χ0n) is 17.5. The van der Waals surface area contributed by atoms with E-state index in [2.05, 4.69) is 17.3 Å². The van der Waals surface area contributed by atoms with Crippen molar-refractivity contribution >= 4 is 28.2 Å². The molecule has 30 heavy (non-hydrogen) atoms. The van der Waals surface area contributed by atoms with Gasteiger partial charge in [-0.2, -0.15) is 5.10 Å². The van der Waals surface area contributed by atoms with E-state index in [0.29, 0.717) is 34.3 Å². The largest absolute Gasteiger partial charge is 0.365 e. The molecule has 0 fully saturated rings. The van der Waals surface area contributed by atoms with Crippen LogP contribution in [0.1, 0.15) is 61.5 Å². The number of amides is 2. The average molecular weight is 423 g/mol. The van der Waals surface area contributed by atoms with Gasteiger partial charge >= 0.3 is 0 Å². The molecule has 0 radical (unpaired) electrons. The first kappa shape index (κ1) is 20.3. The summed E-state index contributed by atoms with van der Waals surface area (Å²) in [7, 11) is 0. The SMILES string of the molecule is Cc1nn(Cc2ccccc2)c(C)c1C(=O)Nc1sc2c(c1C(N)=O)CC[C@H](C)C2. The molecule has 3 aromatic rings. The first-order valence-corrected chi connectivity index (χ1v) is 11.0. The molecule has 1 aliphatic rings. The molecule has 1 atom stereocenters.